The van der Waals surface area contributed by atoms with Crippen LogP contribution in [0.5, 0.6) is 5.75 Å². The van der Waals surface area contributed by atoms with Crippen LogP contribution in [-0.2, 0) is 19.6 Å². The van der Waals surface area contributed by atoms with E-state index in [1.165, 1.54) is 24.3 Å². The maximum absolute atomic E-state index is 12.9. The average molecular weight is 492 g/mol. The Kier molecular flexibility index (Phi) is 7.87. The van der Waals surface area contributed by atoms with Crippen molar-refractivity contribution in [2.75, 3.05) is 51.7 Å². The molecule has 0 aliphatic carbocycles. The lowest BCUT2D eigenvalue weighted by Gasteiger charge is -2.15. The summed E-state index contributed by atoms with van der Waals surface area (Å²) in [7, 11) is -0.228. The van der Waals surface area contributed by atoms with E-state index >= 15 is 0 Å². The van der Waals surface area contributed by atoms with E-state index in [1.54, 1.807) is 18.2 Å². The number of nitrogens with one attached hydrogen (secondary N) is 1. The van der Waals surface area contributed by atoms with E-state index in [0.29, 0.717) is 18.1 Å². The lowest BCUT2D eigenvalue weighted by Crippen LogP contribution is -2.34. The first kappa shape index (κ1) is 25.1. The fourth-order valence-electron chi connectivity index (χ4n) is 3.16. The SMILES string of the molecule is CN(C)CCOCCOc1cc2c(cc1NS(=O)(=O)c1ccccc1)C(=O)N(CC(=O)O)C2=O. The minimum atomic E-state index is -4.04. The normalized spacial score (nSPS) is 13.3. The molecule has 2 N–H and O–H groups in total. The molecule has 0 atom stereocenters. The number of imide groups is 1. The molecule has 0 bridgehead atoms. The van der Waals surface area contributed by atoms with E-state index in [0.717, 1.165) is 0 Å². The van der Waals surface area contributed by atoms with Crippen LogP contribution in [0.4, 0.5) is 5.69 Å². The van der Waals surface area contributed by atoms with Crippen LogP contribution in [0.3, 0.4) is 0 Å². The van der Waals surface area contributed by atoms with Crippen LogP contribution in [0.15, 0.2) is 47.4 Å². The van der Waals surface area contributed by atoms with Crippen molar-refractivity contribution < 1.29 is 37.4 Å². The van der Waals surface area contributed by atoms with E-state index in [2.05, 4.69) is 4.72 Å². The summed E-state index contributed by atoms with van der Waals surface area (Å²) in [6.45, 7) is 0.608. The van der Waals surface area contributed by atoms with Crippen LogP contribution in [0, 0.1) is 0 Å². The zero-order chi connectivity index (χ0) is 24.9. The van der Waals surface area contributed by atoms with Gasteiger partial charge in [0.1, 0.15) is 18.9 Å². The Morgan fingerprint density at radius 2 is 1.68 bits per heavy atom. The number of carbonyl (C=O) groups is 3. The minimum absolute atomic E-state index is 0.00721. The lowest BCUT2D eigenvalue weighted by atomic mass is 10.1. The first-order valence-electron chi connectivity index (χ1n) is 10.3. The molecule has 2 aromatic carbocycles. The third-order valence-corrected chi connectivity index (χ3v) is 6.21. The van der Waals surface area contributed by atoms with Crippen molar-refractivity contribution in [2.45, 2.75) is 4.90 Å². The smallest absolute Gasteiger partial charge is 0.323 e. The number of carboxylic acids is 1. The highest BCUT2D eigenvalue weighted by Crippen LogP contribution is 2.35. The lowest BCUT2D eigenvalue weighted by molar-refractivity contribution is -0.137. The van der Waals surface area contributed by atoms with Crippen LogP contribution in [0.1, 0.15) is 20.7 Å². The third kappa shape index (κ3) is 5.90. The molecule has 2 aromatic rings. The van der Waals surface area contributed by atoms with E-state index in [9.17, 15) is 22.8 Å². The molecule has 0 aromatic heterocycles. The van der Waals surface area contributed by atoms with Crippen molar-refractivity contribution in [2.24, 2.45) is 0 Å². The summed E-state index contributed by atoms with van der Waals surface area (Å²) < 4.78 is 39.3. The van der Waals surface area contributed by atoms with Crippen LogP contribution >= 0.6 is 0 Å². The van der Waals surface area contributed by atoms with Gasteiger partial charge in [-0.25, -0.2) is 8.42 Å². The molecule has 0 fully saturated rings. The van der Waals surface area contributed by atoms with E-state index < -0.39 is 34.4 Å². The number of fused-ring (bicyclic) bond motifs is 1. The molecule has 11 nitrogen and oxygen atoms in total. The molecule has 1 aliphatic heterocycles. The number of hydrogen-bond acceptors (Lipinski definition) is 8. The van der Waals surface area contributed by atoms with Gasteiger partial charge in [-0.15, -0.1) is 0 Å². The molecular weight excluding hydrogens is 466 g/mol. The second kappa shape index (κ2) is 10.6. The molecule has 1 aliphatic rings. The Balaban J connectivity index is 1.88. The largest absolute Gasteiger partial charge is 0.489 e. The summed E-state index contributed by atoms with van der Waals surface area (Å²) in [6.07, 6.45) is 0. The van der Waals surface area contributed by atoms with Gasteiger partial charge in [-0.1, -0.05) is 18.2 Å². The molecule has 2 amide bonds. The minimum Gasteiger partial charge on any atom is -0.489 e. The Bertz CT molecular complexity index is 1180. The van der Waals surface area contributed by atoms with Gasteiger partial charge in [-0.2, -0.15) is 0 Å². The summed E-state index contributed by atoms with van der Waals surface area (Å²) in [5.41, 5.74) is -0.252. The topological polar surface area (TPSA) is 143 Å². The van der Waals surface area contributed by atoms with Crippen molar-refractivity contribution in [3.05, 3.63) is 53.6 Å². The van der Waals surface area contributed by atoms with Gasteiger partial charge in [-0.3, -0.25) is 24.0 Å². The molecule has 3 rings (SSSR count). The van der Waals surface area contributed by atoms with E-state index in [4.69, 9.17) is 14.6 Å². The molecule has 0 spiro atoms. The van der Waals surface area contributed by atoms with Gasteiger partial charge in [-0.05, 0) is 38.4 Å². The summed E-state index contributed by atoms with van der Waals surface area (Å²) in [5.74, 6) is -2.98. The molecule has 1 heterocycles. The first-order valence-corrected chi connectivity index (χ1v) is 11.8. The number of carboxylic acid groups (broad SMARTS) is 1. The molecule has 0 radical (unpaired) electrons. The predicted octanol–water partition coefficient (Wildman–Crippen LogP) is 1.12. The molecule has 0 unspecified atom stereocenters. The van der Waals surface area contributed by atoms with Crippen LogP contribution < -0.4 is 9.46 Å². The number of likely N-dealkylation sites (N-methyl/N-ethyl adjacent to an activating group) is 1. The molecule has 0 saturated heterocycles. The zero-order valence-electron chi connectivity index (χ0n) is 18.7. The Labute approximate surface area is 196 Å². The average Bonchev–Trinajstić information content (AvgIpc) is 3.00. The van der Waals surface area contributed by atoms with Crippen molar-refractivity contribution in [1.29, 1.82) is 0 Å². The fourth-order valence-corrected chi connectivity index (χ4v) is 4.24. The van der Waals surface area contributed by atoms with Crippen LogP contribution in [-0.4, -0.2) is 88.1 Å². The number of amides is 2. The standard InChI is InChI=1S/C22H25N3O8S/c1-24(2)8-9-32-10-11-33-19-13-17-16(21(28)25(22(17)29)14-20(26)27)12-18(19)23-34(30,31)15-6-4-3-5-7-15/h3-7,12-13,23H,8-11,14H2,1-2H3,(H,26,27). The van der Waals surface area contributed by atoms with E-state index in [-0.39, 0.29) is 40.7 Å². The van der Waals surface area contributed by atoms with Gasteiger partial charge < -0.3 is 19.5 Å². The van der Waals surface area contributed by atoms with Gasteiger partial charge in [0.05, 0.1) is 34.9 Å². The van der Waals surface area contributed by atoms with Gasteiger partial charge >= 0.3 is 5.97 Å². The predicted molar refractivity (Wildman–Crippen MR) is 122 cm³/mol. The van der Waals surface area contributed by atoms with Gasteiger partial charge in [0.25, 0.3) is 21.8 Å². The van der Waals surface area contributed by atoms with Crippen molar-refractivity contribution >= 4 is 33.5 Å². The Morgan fingerprint density at radius 1 is 1.03 bits per heavy atom. The Morgan fingerprint density at radius 3 is 2.29 bits per heavy atom. The molecular formula is C22H25N3O8S. The Hall–Kier alpha value is -3.48. The maximum Gasteiger partial charge on any atom is 0.323 e. The number of rotatable bonds is 12. The molecule has 34 heavy (non-hydrogen) atoms. The number of sulfonamides is 1. The maximum atomic E-state index is 12.9. The number of nitrogens with zero attached hydrogens (tertiary/aromatic N) is 2. The zero-order valence-corrected chi connectivity index (χ0v) is 19.5. The van der Waals surface area contributed by atoms with E-state index in [1.807, 2.05) is 19.0 Å². The van der Waals surface area contributed by atoms with Gasteiger partial charge in [0.15, 0.2) is 0 Å². The highest BCUT2D eigenvalue weighted by atomic mass is 32.2. The molecule has 0 saturated carbocycles. The van der Waals surface area contributed by atoms with Gasteiger partial charge in [0.2, 0.25) is 0 Å². The number of anilines is 1. The first-order chi connectivity index (χ1) is 16.1. The number of ether oxygens (including phenoxy) is 2. The van der Waals surface area contributed by atoms with Crippen molar-refractivity contribution in [3.8, 4) is 5.75 Å². The van der Waals surface area contributed by atoms with Gasteiger partial charge in [0, 0.05) is 6.54 Å². The quantitative estimate of drug-likeness (QED) is 0.330. The second-order valence-corrected chi connectivity index (χ2v) is 9.35. The highest BCUT2D eigenvalue weighted by Gasteiger charge is 2.38. The monoisotopic (exact) mass is 491 g/mol. The molecule has 12 heteroatoms. The van der Waals surface area contributed by atoms with Crippen molar-refractivity contribution in [3.63, 3.8) is 0 Å². The summed E-state index contributed by atoms with van der Waals surface area (Å²) in [6, 6.07) is 10.0. The number of benzene rings is 2. The van der Waals surface area contributed by atoms with Crippen LogP contribution in [0.25, 0.3) is 0 Å². The number of hydrogen-bond donors (Lipinski definition) is 2. The number of aliphatic carboxylic acids is 1. The number of carbonyl (C=O) groups excluding carboxylic acids is 2. The summed E-state index contributed by atoms with van der Waals surface area (Å²) in [5, 5.41) is 9.02. The summed E-state index contributed by atoms with van der Waals surface area (Å²) in [4.78, 5) is 38.8. The van der Waals surface area contributed by atoms with Crippen molar-refractivity contribution in [1.82, 2.24) is 9.80 Å². The van der Waals surface area contributed by atoms with Crippen LogP contribution in [0.2, 0.25) is 0 Å². The fraction of sp³-hybridized carbons (Fsp3) is 0.318. The molecule has 182 valence electrons. The third-order valence-electron chi connectivity index (χ3n) is 4.83. The second-order valence-electron chi connectivity index (χ2n) is 7.67. The highest BCUT2D eigenvalue weighted by molar-refractivity contribution is 7.92. The summed E-state index contributed by atoms with van der Waals surface area (Å²) >= 11 is 0.